The van der Waals surface area contributed by atoms with E-state index in [2.05, 4.69) is 18.2 Å². The van der Waals surface area contributed by atoms with Crippen molar-refractivity contribution in [2.45, 2.75) is 19.8 Å². The third-order valence-electron chi connectivity index (χ3n) is 2.37. The van der Waals surface area contributed by atoms with E-state index < -0.39 is 0 Å². The van der Waals surface area contributed by atoms with Gasteiger partial charge < -0.3 is 0 Å². The zero-order valence-corrected chi connectivity index (χ0v) is 7.71. The Kier molecular flexibility index (Phi) is 2.01. The standard InChI is InChI=1S/C12H12O/c1-9(13)8-11-6-2-4-10-5-3-7-12(10)11/h2-6H,7-8H2,1H3. The van der Waals surface area contributed by atoms with Crippen LogP contribution in [0.2, 0.25) is 0 Å². The number of benzene rings is 1. The summed E-state index contributed by atoms with van der Waals surface area (Å²) in [6, 6.07) is 6.17. The van der Waals surface area contributed by atoms with Gasteiger partial charge in [0.2, 0.25) is 0 Å². The van der Waals surface area contributed by atoms with Crippen LogP contribution in [0.3, 0.4) is 0 Å². The van der Waals surface area contributed by atoms with Gasteiger partial charge in [0.15, 0.2) is 0 Å². The molecule has 2 rings (SSSR count). The van der Waals surface area contributed by atoms with Gasteiger partial charge in [-0.3, -0.25) is 4.79 Å². The van der Waals surface area contributed by atoms with Crippen LogP contribution in [-0.4, -0.2) is 5.78 Å². The lowest BCUT2D eigenvalue weighted by Gasteiger charge is -2.05. The molecule has 1 aromatic rings. The molecular formula is C12H12O. The van der Waals surface area contributed by atoms with Crippen LogP contribution in [0, 0.1) is 0 Å². The summed E-state index contributed by atoms with van der Waals surface area (Å²) in [6.07, 6.45) is 5.83. The van der Waals surface area contributed by atoms with E-state index >= 15 is 0 Å². The molecule has 0 saturated carbocycles. The lowest BCUT2D eigenvalue weighted by molar-refractivity contribution is -0.116. The highest BCUT2D eigenvalue weighted by Crippen LogP contribution is 2.23. The monoisotopic (exact) mass is 172 g/mol. The summed E-state index contributed by atoms with van der Waals surface area (Å²) in [6.45, 7) is 1.64. The van der Waals surface area contributed by atoms with Crippen LogP contribution < -0.4 is 0 Å². The summed E-state index contributed by atoms with van der Waals surface area (Å²) in [7, 11) is 0. The molecule has 0 heterocycles. The van der Waals surface area contributed by atoms with Crippen molar-refractivity contribution in [1.29, 1.82) is 0 Å². The number of allylic oxidation sites excluding steroid dienone is 1. The second kappa shape index (κ2) is 3.17. The SMILES string of the molecule is CC(=O)Cc1cccc2c1CC=C2. The molecule has 1 aliphatic rings. The fourth-order valence-electron chi connectivity index (χ4n) is 1.80. The van der Waals surface area contributed by atoms with Crippen LogP contribution in [-0.2, 0) is 17.6 Å². The first-order valence-corrected chi connectivity index (χ1v) is 4.54. The van der Waals surface area contributed by atoms with Gasteiger partial charge in [-0.2, -0.15) is 0 Å². The van der Waals surface area contributed by atoms with E-state index in [0.29, 0.717) is 6.42 Å². The predicted octanol–water partition coefficient (Wildman–Crippen LogP) is 2.39. The van der Waals surface area contributed by atoms with Crippen LogP contribution in [0.25, 0.3) is 6.08 Å². The maximum Gasteiger partial charge on any atom is 0.134 e. The van der Waals surface area contributed by atoms with Crippen LogP contribution in [0.1, 0.15) is 23.6 Å². The first kappa shape index (κ1) is 8.24. The number of ketones is 1. The van der Waals surface area contributed by atoms with Gasteiger partial charge in [-0.05, 0) is 30.0 Å². The zero-order chi connectivity index (χ0) is 9.26. The van der Waals surface area contributed by atoms with Crippen molar-refractivity contribution in [2.75, 3.05) is 0 Å². The van der Waals surface area contributed by atoms with Gasteiger partial charge in [0, 0.05) is 6.42 Å². The number of carbonyl (C=O) groups excluding carboxylic acids is 1. The zero-order valence-electron chi connectivity index (χ0n) is 7.71. The second-order valence-electron chi connectivity index (χ2n) is 3.47. The van der Waals surface area contributed by atoms with E-state index in [9.17, 15) is 4.79 Å². The van der Waals surface area contributed by atoms with Crippen molar-refractivity contribution < 1.29 is 4.79 Å². The van der Waals surface area contributed by atoms with Gasteiger partial charge in [-0.25, -0.2) is 0 Å². The van der Waals surface area contributed by atoms with Gasteiger partial charge in [-0.1, -0.05) is 30.4 Å². The normalized spacial score (nSPS) is 13.0. The molecule has 0 spiro atoms. The summed E-state index contributed by atoms with van der Waals surface area (Å²) in [5, 5.41) is 0. The highest BCUT2D eigenvalue weighted by Gasteiger charge is 2.10. The summed E-state index contributed by atoms with van der Waals surface area (Å²) < 4.78 is 0. The molecule has 0 unspecified atom stereocenters. The third kappa shape index (κ3) is 1.55. The maximum absolute atomic E-state index is 11.0. The summed E-state index contributed by atoms with van der Waals surface area (Å²) in [5.41, 5.74) is 3.80. The Labute approximate surface area is 78.1 Å². The molecule has 0 amide bonds. The molecule has 0 saturated heterocycles. The highest BCUT2D eigenvalue weighted by molar-refractivity contribution is 5.79. The van der Waals surface area contributed by atoms with Crippen molar-refractivity contribution >= 4 is 11.9 Å². The van der Waals surface area contributed by atoms with Crippen LogP contribution in [0.5, 0.6) is 0 Å². The topological polar surface area (TPSA) is 17.1 Å². The Hall–Kier alpha value is -1.37. The first-order chi connectivity index (χ1) is 6.27. The summed E-state index contributed by atoms with van der Waals surface area (Å²) in [4.78, 5) is 11.0. The fourth-order valence-corrected chi connectivity index (χ4v) is 1.80. The Morgan fingerprint density at radius 2 is 2.31 bits per heavy atom. The van der Waals surface area contributed by atoms with E-state index in [1.54, 1.807) is 6.92 Å². The first-order valence-electron chi connectivity index (χ1n) is 4.54. The minimum atomic E-state index is 0.236. The van der Waals surface area contributed by atoms with Crippen molar-refractivity contribution in [3.63, 3.8) is 0 Å². The Balaban J connectivity index is 2.38. The van der Waals surface area contributed by atoms with Crippen molar-refractivity contribution in [1.82, 2.24) is 0 Å². The van der Waals surface area contributed by atoms with Gasteiger partial charge in [-0.15, -0.1) is 0 Å². The average Bonchev–Trinajstić information content (AvgIpc) is 2.51. The molecule has 66 valence electrons. The molecule has 0 atom stereocenters. The van der Waals surface area contributed by atoms with Crippen LogP contribution >= 0.6 is 0 Å². The molecule has 1 aromatic carbocycles. The van der Waals surface area contributed by atoms with Crippen molar-refractivity contribution in [3.8, 4) is 0 Å². The van der Waals surface area contributed by atoms with Crippen molar-refractivity contribution in [2.24, 2.45) is 0 Å². The molecule has 1 heteroatoms. The van der Waals surface area contributed by atoms with Gasteiger partial charge >= 0.3 is 0 Å². The molecule has 1 aliphatic carbocycles. The molecule has 0 N–H and O–H groups in total. The number of rotatable bonds is 2. The second-order valence-corrected chi connectivity index (χ2v) is 3.47. The lowest BCUT2D eigenvalue weighted by atomic mass is 9.99. The largest absolute Gasteiger partial charge is 0.300 e. The number of Topliss-reactive ketones (excluding diaryl/α,β-unsaturated/α-hetero) is 1. The third-order valence-corrected chi connectivity index (χ3v) is 2.37. The number of carbonyl (C=O) groups is 1. The van der Waals surface area contributed by atoms with Gasteiger partial charge in [0.1, 0.15) is 5.78 Å². The highest BCUT2D eigenvalue weighted by atomic mass is 16.1. The number of hydrogen-bond donors (Lipinski definition) is 0. The van der Waals surface area contributed by atoms with Gasteiger partial charge in [0.05, 0.1) is 0 Å². The molecule has 1 nitrogen and oxygen atoms in total. The fraction of sp³-hybridized carbons (Fsp3) is 0.250. The maximum atomic E-state index is 11.0. The summed E-state index contributed by atoms with van der Waals surface area (Å²) >= 11 is 0. The minimum Gasteiger partial charge on any atom is -0.300 e. The molecule has 0 aromatic heterocycles. The Morgan fingerprint density at radius 3 is 3.08 bits per heavy atom. The quantitative estimate of drug-likeness (QED) is 0.669. The van der Waals surface area contributed by atoms with Crippen molar-refractivity contribution in [3.05, 3.63) is 41.0 Å². The van der Waals surface area contributed by atoms with Crippen LogP contribution in [0.4, 0.5) is 0 Å². The van der Waals surface area contributed by atoms with Gasteiger partial charge in [0.25, 0.3) is 0 Å². The molecule has 0 bridgehead atoms. The van der Waals surface area contributed by atoms with E-state index in [1.165, 1.54) is 16.7 Å². The Morgan fingerprint density at radius 1 is 1.46 bits per heavy atom. The predicted molar refractivity (Wildman–Crippen MR) is 53.6 cm³/mol. The molecule has 0 fully saturated rings. The smallest absolute Gasteiger partial charge is 0.134 e. The molecule has 13 heavy (non-hydrogen) atoms. The minimum absolute atomic E-state index is 0.236. The van der Waals surface area contributed by atoms with E-state index in [1.807, 2.05) is 12.1 Å². The van der Waals surface area contributed by atoms with E-state index in [0.717, 1.165) is 6.42 Å². The number of fused-ring (bicyclic) bond motifs is 1. The molecule has 0 radical (unpaired) electrons. The number of hydrogen-bond acceptors (Lipinski definition) is 1. The van der Waals surface area contributed by atoms with Crippen LogP contribution in [0.15, 0.2) is 24.3 Å². The average molecular weight is 172 g/mol. The molecular weight excluding hydrogens is 160 g/mol. The van der Waals surface area contributed by atoms with E-state index in [-0.39, 0.29) is 5.78 Å². The lowest BCUT2D eigenvalue weighted by Crippen LogP contribution is -2.00. The van der Waals surface area contributed by atoms with E-state index in [4.69, 9.17) is 0 Å². The summed E-state index contributed by atoms with van der Waals surface area (Å²) in [5.74, 6) is 0.236. The Bertz CT molecular complexity index is 375. The molecule has 0 aliphatic heterocycles.